The lowest BCUT2D eigenvalue weighted by Gasteiger charge is -2.38. The second-order valence-electron chi connectivity index (χ2n) is 22.0. The molecule has 2 aliphatic rings. The second kappa shape index (κ2) is 22.0. The lowest BCUT2D eigenvalue weighted by molar-refractivity contribution is 0.355. The average Bonchev–Trinajstić information content (AvgIpc) is 3.91. The highest BCUT2D eigenvalue weighted by atomic mass is 31.1. The van der Waals surface area contributed by atoms with Crippen molar-refractivity contribution >= 4 is 94.7 Å². The van der Waals surface area contributed by atoms with Crippen molar-refractivity contribution in [1.82, 2.24) is 5.32 Å². The first kappa shape index (κ1) is 49.3. The summed E-state index contributed by atoms with van der Waals surface area (Å²) in [5, 5.41) is 21.4. The molecule has 13 aromatic rings. The standard InChI is InChI=1S/C47H38NO2P.C27H27N/c1-2-20-36(21-3-1)48(47(41-26-12-18-32-14-4-8-22-37(32)41)42-27-13-19-33-15-5-9-23-38(33)42)51-49-43-30-28-34-16-6-10-24-39(34)45(43)46-40-25-11-7-17-35(40)29-31-44(46)50-51;1-2-14-22(15-3-1)28-27(25-18-8-12-20-10-4-6-16-23(20)25)26-19-9-13-21-11-5-7-17-24(21)26/h4-19,22-31,36,47H,1-3,20-21H2;4-13,16-19,22,27-28H,1-3,14-15H2. The molecule has 2 fully saturated rings. The first-order valence-corrected chi connectivity index (χ1v) is 30.0. The van der Waals surface area contributed by atoms with Crippen molar-refractivity contribution in [1.29, 1.82) is 0 Å². The van der Waals surface area contributed by atoms with Gasteiger partial charge in [0.25, 0.3) is 0 Å². The SMILES string of the molecule is c1ccc2c(C(NC3CCCCC3)c3cccc4ccccc34)cccc2c1.c1ccc2c(C(c3cccc4ccccc34)N(C3CCCCC3)p3oc4ccc5ccccc5c4c4c(ccc5ccccc54)o3)cccc2c1. The summed E-state index contributed by atoms with van der Waals surface area (Å²) in [6.07, 6.45) is 12.5. The van der Waals surface area contributed by atoms with Gasteiger partial charge >= 0.3 is 8.16 Å². The minimum atomic E-state index is -1.63. The van der Waals surface area contributed by atoms with Crippen LogP contribution in [0.2, 0.25) is 0 Å². The molecule has 388 valence electrons. The van der Waals surface area contributed by atoms with Crippen molar-refractivity contribution in [3.8, 4) is 0 Å². The summed E-state index contributed by atoms with van der Waals surface area (Å²) in [5.74, 6) is 0. The fourth-order valence-corrected chi connectivity index (χ4v) is 15.3. The number of hydrogen-bond acceptors (Lipinski definition) is 4. The van der Waals surface area contributed by atoms with Crippen molar-refractivity contribution in [2.24, 2.45) is 0 Å². The first-order chi connectivity index (χ1) is 39.2. The molecule has 15 rings (SSSR count). The molecular formula is C74H65N2O2P. The van der Waals surface area contributed by atoms with Gasteiger partial charge in [-0.15, -0.1) is 0 Å². The molecule has 12 aromatic carbocycles. The predicted molar refractivity (Wildman–Crippen MR) is 336 cm³/mol. The van der Waals surface area contributed by atoms with Crippen molar-refractivity contribution in [2.45, 2.75) is 88.4 Å². The Bertz CT molecular complexity index is 4100. The van der Waals surface area contributed by atoms with E-state index in [-0.39, 0.29) is 18.1 Å². The molecular weight excluding hydrogens is 980 g/mol. The molecule has 0 unspecified atom stereocenters. The molecule has 0 bridgehead atoms. The fourth-order valence-electron chi connectivity index (χ4n) is 13.5. The summed E-state index contributed by atoms with van der Waals surface area (Å²) in [7, 11) is -1.63. The highest BCUT2D eigenvalue weighted by Crippen LogP contribution is 2.51. The Labute approximate surface area is 463 Å². The molecule has 4 nitrogen and oxygen atoms in total. The Morgan fingerprint density at radius 2 is 0.658 bits per heavy atom. The zero-order valence-corrected chi connectivity index (χ0v) is 45.6. The van der Waals surface area contributed by atoms with E-state index in [1.54, 1.807) is 0 Å². The zero-order chi connectivity index (χ0) is 52.5. The van der Waals surface area contributed by atoms with E-state index in [2.05, 4.69) is 253 Å². The van der Waals surface area contributed by atoms with Crippen molar-refractivity contribution in [2.75, 3.05) is 4.67 Å². The Balaban J connectivity index is 0.000000170. The Kier molecular flexibility index (Phi) is 13.8. The molecule has 1 heterocycles. The molecule has 0 aliphatic heterocycles. The number of rotatable bonds is 9. The van der Waals surface area contributed by atoms with Crippen LogP contribution in [0.5, 0.6) is 0 Å². The quantitative estimate of drug-likeness (QED) is 0.156. The largest absolute Gasteiger partial charge is 0.408 e. The molecule has 0 amide bonds. The van der Waals surface area contributed by atoms with Gasteiger partial charge in [0.15, 0.2) is 0 Å². The van der Waals surface area contributed by atoms with Crippen LogP contribution >= 0.6 is 8.16 Å². The van der Waals surface area contributed by atoms with Crippen LogP contribution in [-0.2, 0) is 0 Å². The molecule has 0 radical (unpaired) electrons. The van der Waals surface area contributed by atoms with Gasteiger partial charge in [0.05, 0.1) is 12.1 Å². The normalized spacial score (nSPS) is 14.6. The van der Waals surface area contributed by atoms with Gasteiger partial charge in [-0.3, -0.25) is 0 Å². The summed E-state index contributed by atoms with van der Waals surface area (Å²) in [6, 6.07) is 89.3. The van der Waals surface area contributed by atoms with Crippen LogP contribution in [0.15, 0.2) is 251 Å². The molecule has 1 aromatic heterocycles. The number of nitrogens with one attached hydrogen (secondary N) is 1. The molecule has 2 aliphatic carbocycles. The number of benzene rings is 12. The third kappa shape index (κ3) is 9.57. The van der Waals surface area contributed by atoms with E-state index in [9.17, 15) is 0 Å². The maximum Gasteiger partial charge on any atom is 0.310 e. The van der Waals surface area contributed by atoms with Crippen LogP contribution in [0.25, 0.3) is 86.6 Å². The lowest BCUT2D eigenvalue weighted by atomic mass is 9.88. The van der Waals surface area contributed by atoms with Gasteiger partial charge in [-0.05, 0) is 125 Å². The van der Waals surface area contributed by atoms with E-state index in [1.165, 1.54) is 138 Å². The topological polar surface area (TPSA) is 41.5 Å². The van der Waals surface area contributed by atoms with Crippen LogP contribution in [0.4, 0.5) is 0 Å². The fraction of sp³-hybridized carbons (Fsp3) is 0.189. The Hall–Kier alpha value is -7.98. The van der Waals surface area contributed by atoms with Gasteiger partial charge in [-0.25, -0.2) is 0 Å². The van der Waals surface area contributed by atoms with Gasteiger partial charge < -0.3 is 13.7 Å². The van der Waals surface area contributed by atoms with Crippen molar-refractivity contribution < 1.29 is 8.39 Å². The monoisotopic (exact) mass is 1040 g/mol. The molecule has 79 heavy (non-hydrogen) atoms. The number of fused-ring (bicyclic) bond motifs is 11. The second-order valence-corrected chi connectivity index (χ2v) is 23.3. The van der Waals surface area contributed by atoms with E-state index in [1.807, 2.05) is 0 Å². The third-order valence-electron chi connectivity index (χ3n) is 17.3. The predicted octanol–water partition coefficient (Wildman–Crippen LogP) is 21.0. The molecule has 0 spiro atoms. The summed E-state index contributed by atoms with van der Waals surface area (Å²) in [6.45, 7) is 0. The van der Waals surface area contributed by atoms with E-state index < -0.39 is 8.16 Å². The summed E-state index contributed by atoms with van der Waals surface area (Å²) in [5.41, 5.74) is 7.11. The minimum absolute atomic E-state index is 0.109. The lowest BCUT2D eigenvalue weighted by Crippen LogP contribution is -2.38. The maximum absolute atomic E-state index is 7.43. The molecule has 0 saturated heterocycles. The maximum atomic E-state index is 7.43. The van der Waals surface area contributed by atoms with Crippen molar-refractivity contribution in [3.05, 3.63) is 265 Å². The summed E-state index contributed by atoms with van der Waals surface area (Å²) >= 11 is 0. The van der Waals surface area contributed by atoms with Gasteiger partial charge in [0.2, 0.25) is 0 Å². The minimum Gasteiger partial charge on any atom is -0.408 e. The molecule has 2 saturated carbocycles. The van der Waals surface area contributed by atoms with Crippen LogP contribution < -0.4 is 9.99 Å². The Morgan fingerprint density at radius 1 is 0.329 bits per heavy atom. The van der Waals surface area contributed by atoms with E-state index in [4.69, 9.17) is 8.39 Å². The van der Waals surface area contributed by atoms with E-state index in [0.717, 1.165) is 34.8 Å². The summed E-state index contributed by atoms with van der Waals surface area (Å²) < 4.78 is 17.5. The number of hydrogen-bond donors (Lipinski definition) is 1. The van der Waals surface area contributed by atoms with E-state index in [0.29, 0.717) is 6.04 Å². The average molecular weight is 1050 g/mol. The van der Waals surface area contributed by atoms with Gasteiger partial charge in [0.1, 0.15) is 11.2 Å². The van der Waals surface area contributed by atoms with Crippen molar-refractivity contribution in [3.63, 3.8) is 0 Å². The van der Waals surface area contributed by atoms with Crippen LogP contribution in [-0.4, -0.2) is 12.1 Å². The van der Waals surface area contributed by atoms with E-state index >= 15 is 0 Å². The van der Waals surface area contributed by atoms with Crippen LogP contribution in [0.3, 0.4) is 0 Å². The zero-order valence-electron chi connectivity index (χ0n) is 44.7. The smallest absolute Gasteiger partial charge is 0.310 e. The molecule has 5 heteroatoms. The first-order valence-electron chi connectivity index (χ1n) is 28.9. The van der Waals surface area contributed by atoms with Gasteiger partial charge in [-0.1, -0.05) is 269 Å². The van der Waals surface area contributed by atoms with Gasteiger partial charge in [0, 0.05) is 22.9 Å². The molecule has 1 N–H and O–H groups in total. The third-order valence-corrected chi connectivity index (χ3v) is 18.9. The molecule has 0 atom stereocenters. The highest BCUT2D eigenvalue weighted by Gasteiger charge is 2.37. The van der Waals surface area contributed by atoms with Gasteiger partial charge in [-0.2, -0.15) is 4.67 Å². The van der Waals surface area contributed by atoms with Crippen LogP contribution in [0.1, 0.15) is 98.5 Å². The Morgan fingerprint density at radius 3 is 1.08 bits per heavy atom. The highest BCUT2D eigenvalue weighted by molar-refractivity contribution is 7.39. The van der Waals surface area contributed by atoms with Crippen LogP contribution in [0, 0.1) is 0 Å². The number of nitrogens with zero attached hydrogens (tertiary/aromatic N) is 1. The summed E-state index contributed by atoms with van der Waals surface area (Å²) in [4.78, 5) is 0.